The zero-order chi connectivity index (χ0) is 20.3. The van der Waals surface area contributed by atoms with Gasteiger partial charge < -0.3 is 9.64 Å². The molecule has 1 aliphatic heterocycles. The second kappa shape index (κ2) is 8.76. The lowest BCUT2D eigenvalue weighted by Crippen LogP contribution is -2.44. The SMILES string of the molecule is Cc1nn(C[C@@H](C)C(=O)N2CCC[C@H](COc3ccc(F)cc3)C2)c(C)c1C. The standard InChI is InChI=1S/C22H30FN3O2/c1-15(12-26-18(4)16(2)17(3)24-26)22(27)25-11-5-6-19(13-25)14-28-21-9-7-20(23)8-10-21/h7-10,15,19H,5-6,11-14H2,1-4H3/t15-,19+/m1/s1. The Morgan fingerprint density at radius 1 is 1.29 bits per heavy atom. The van der Waals surface area contributed by atoms with Crippen LogP contribution in [0.4, 0.5) is 4.39 Å². The van der Waals surface area contributed by atoms with Crippen LogP contribution in [-0.4, -0.2) is 40.3 Å². The normalized spacial score (nSPS) is 18.2. The minimum atomic E-state index is -0.270. The number of amides is 1. The number of hydrogen-bond donors (Lipinski definition) is 0. The number of likely N-dealkylation sites (tertiary alicyclic amines) is 1. The van der Waals surface area contributed by atoms with E-state index in [4.69, 9.17) is 4.74 Å². The van der Waals surface area contributed by atoms with Gasteiger partial charge in [0.25, 0.3) is 0 Å². The Kier molecular flexibility index (Phi) is 6.37. The lowest BCUT2D eigenvalue weighted by molar-refractivity contribution is -0.137. The molecule has 5 nitrogen and oxygen atoms in total. The molecule has 1 saturated heterocycles. The van der Waals surface area contributed by atoms with E-state index >= 15 is 0 Å². The van der Waals surface area contributed by atoms with Gasteiger partial charge in [-0.15, -0.1) is 0 Å². The molecule has 0 N–H and O–H groups in total. The van der Waals surface area contributed by atoms with Crippen molar-refractivity contribution < 1.29 is 13.9 Å². The second-order valence-corrected chi connectivity index (χ2v) is 7.94. The van der Waals surface area contributed by atoms with Crippen molar-refractivity contribution in [2.45, 2.75) is 47.1 Å². The third kappa shape index (κ3) is 4.72. The average Bonchev–Trinajstić information content (AvgIpc) is 2.93. The summed E-state index contributed by atoms with van der Waals surface area (Å²) in [5.41, 5.74) is 3.34. The van der Waals surface area contributed by atoms with E-state index in [0.717, 1.165) is 30.8 Å². The highest BCUT2D eigenvalue weighted by molar-refractivity contribution is 5.78. The fraction of sp³-hybridized carbons (Fsp3) is 0.545. The van der Waals surface area contributed by atoms with Crippen LogP contribution in [0.3, 0.4) is 0 Å². The Bertz CT molecular complexity index is 816. The maximum Gasteiger partial charge on any atom is 0.227 e. The van der Waals surface area contributed by atoms with E-state index in [9.17, 15) is 9.18 Å². The van der Waals surface area contributed by atoms with Gasteiger partial charge in [-0.1, -0.05) is 6.92 Å². The van der Waals surface area contributed by atoms with Crippen molar-refractivity contribution in [1.82, 2.24) is 14.7 Å². The summed E-state index contributed by atoms with van der Waals surface area (Å²) >= 11 is 0. The molecule has 0 radical (unpaired) electrons. The highest BCUT2D eigenvalue weighted by Crippen LogP contribution is 2.21. The maximum atomic E-state index is 13.0. The number of carbonyl (C=O) groups excluding carboxylic acids is 1. The molecule has 152 valence electrons. The molecule has 6 heteroatoms. The molecule has 1 aromatic heterocycles. The topological polar surface area (TPSA) is 47.4 Å². The van der Waals surface area contributed by atoms with Gasteiger partial charge >= 0.3 is 0 Å². The zero-order valence-corrected chi connectivity index (χ0v) is 17.2. The number of aromatic nitrogens is 2. The lowest BCUT2D eigenvalue weighted by Gasteiger charge is -2.34. The van der Waals surface area contributed by atoms with Crippen molar-refractivity contribution >= 4 is 5.91 Å². The summed E-state index contributed by atoms with van der Waals surface area (Å²) in [5.74, 6) is 0.753. The first-order valence-corrected chi connectivity index (χ1v) is 10.0. The van der Waals surface area contributed by atoms with Gasteiger partial charge in [0.2, 0.25) is 5.91 Å². The van der Waals surface area contributed by atoms with Gasteiger partial charge in [0, 0.05) is 24.7 Å². The fourth-order valence-electron chi connectivity index (χ4n) is 3.76. The Morgan fingerprint density at radius 3 is 2.64 bits per heavy atom. The molecule has 3 rings (SSSR count). The van der Waals surface area contributed by atoms with E-state index in [1.807, 2.05) is 23.4 Å². The Labute approximate surface area is 166 Å². The molecule has 2 aromatic rings. The summed E-state index contributed by atoms with van der Waals surface area (Å²) in [7, 11) is 0. The third-order valence-electron chi connectivity index (χ3n) is 5.74. The number of piperidine rings is 1. The second-order valence-electron chi connectivity index (χ2n) is 7.94. The van der Waals surface area contributed by atoms with E-state index < -0.39 is 0 Å². The number of rotatable bonds is 6. The smallest absolute Gasteiger partial charge is 0.227 e. The Balaban J connectivity index is 1.54. The third-order valence-corrected chi connectivity index (χ3v) is 5.74. The molecule has 1 aliphatic rings. The predicted octanol–water partition coefficient (Wildman–Crippen LogP) is 3.90. The van der Waals surface area contributed by atoms with Gasteiger partial charge in [0.15, 0.2) is 0 Å². The number of benzene rings is 1. The fourth-order valence-corrected chi connectivity index (χ4v) is 3.76. The van der Waals surface area contributed by atoms with Crippen LogP contribution in [0, 0.1) is 38.4 Å². The minimum Gasteiger partial charge on any atom is -0.493 e. The molecule has 0 unspecified atom stereocenters. The van der Waals surface area contributed by atoms with Crippen LogP contribution in [0.5, 0.6) is 5.75 Å². The van der Waals surface area contributed by atoms with E-state index in [1.54, 1.807) is 12.1 Å². The van der Waals surface area contributed by atoms with Crippen LogP contribution in [-0.2, 0) is 11.3 Å². The molecular formula is C22H30FN3O2. The van der Waals surface area contributed by atoms with Crippen molar-refractivity contribution in [2.75, 3.05) is 19.7 Å². The first-order valence-electron chi connectivity index (χ1n) is 10.0. The summed E-state index contributed by atoms with van der Waals surface area (Å²) in [6.07, 6.45) is 2.02. The number of ether oxygens (including phenoxy) is 1. The van der Waals surface area contributed by atoms with Crippen molar-refractivity contribution in [3.05, 3.63) is 47.0 Å². The summed E-state index contributed by atoms with van der Waals surface area (Å²) in [6, 6.07) is 6.07. The van der Waals surface area contributed by atoms with Crippen LogP contribution in [0.15, 0.2) is 24.3 Å². The molecule has 28 heavy (non-hydrogen) atoms. The molecule has 0 spiro atoms. The van der Waals surface area contributed by atoms with Crippen LogP contribution in [0.1, 0.15) is 36.7 Å². The van der Waals surface area contributed by atoms with Gasteiger partial charge in [-0.25, -0.2) is 4.39 Å². The number of aryl methyl sites for hydroxylation is 1. The van der Waals surface area contributed by atoms with Crippen LogP contribution in [0.25, 0.3) is 0 Å². The predicted molar refractivity (Wildman–Crippen MR) is 107 cm³/mol. The van der Waals surface area contributed by atoms with Gasteiger partial charge in [-0.2, -0.15) is 5.10 Å². The molecule has 1 amide bonds. The van der Waals surface area contributed by atoms with E-state index in [0.29, 0.717) is 31.4 Å². The van der Waals surface area contributed by atoms with E-state index in [2.05, 4.69) is 18.9 Å². The lowest BCUT2D eigenvalue weighted by atomic mass is 9.97. The highest BCUT2D eigenvalue weighted by Gasteiger charge is 2.28. The number of nitrogens with zero attached hydrogens (tertiary/aromatic N) is 3. The molecule has 2 atom stereocenters. The monoisotopic (exact) mass is 387 g/mol. The van der Waals surface area contributed by atoms with Gasteiger partial charge in [-0.3, -0.25) is 9.48 Å². The van der Waals surface area contributed by atoms with Crippen molar-refractivity contribution in [2.24, 2.45) is 11.8 Å². The molecule has 1 aromatic carbocycles. The molecule has 0 aliphatic carbocycles. The van der Waals surface area contributed by atoms with Crippen LogP contribution in [0.2, 0.25) is 0 Å². The Hall–Kier alpha value is -2.37. The molecule has 2 heterocycles. The maximum absolute atomic E-state index is 13.0. The minimum absolute atomic E-state index is 0.117. The number of hydrogen-bond acceptors (Lipinski definition) is 3. The average molecular weight is 387 g/mol. The van der Waals surface area contributed by atoms with E-state index in [1.165, 1.54) is 17.7 Å². The largest absolute Gasteiger partial charge is 0.493 e. The summed E-state index contributed by atoms with van der Waals surface area (Å²) in [5, 5.41) is 4.56. The van der Waals surface area contributed by atoms with E-state index in [-0.39, 0.29) is 17.6 Å². The Morgan fingerprint density at radius 2 is 2.00 bits per heavy atom. The first kappa shape index (κ1) is 20.4. The molecule has 1 fully saturated rings. The highest BCUT2D eigenvalue weighted by atomic mass is 19.1. The number of halogens is 1. The first-order chi connectivity index (χ1) is 13.3. The van der Waals surface area contributed by atoms with Crippen LogP contribution >= 0.6 is 0 Å². The van der Waals surface area contributed by atoms with Crippen molar-refractivity contribution in [3.63, 3.8) is 0 Å². The van der Waals surface area contributed by atoms with Crippen molar-refractivity contribution in [1.29, 1.82) is 0 Å². The van der Waals surface area contributed by atoms with Gasteiger partial charge in [0.1, 0.15) is 11.6 Å². The van der Waals surface area contributed by atoms with Crippen LogP contribution < -0.4 is 4.74 Å². The zero-order valence-electron chi connectivity index (χ0n) is 17.2. The summed E-state index contributed by atoms with van der Waals surface area (Å²) < 4.78 is 20.7. The summed E-state index contributed by atoms with van der Waals surface area (Å²) in [4.78, 5) is 14.9. The number of carbonyl (C=O) groups is 1. The quantitative estimate of drug-likeness (QED) is 0.755. The molecule has 0 saturated carbocycles. The van der Waals surface area contributed by atoms with Gasteiger partial charge in [0.05, 0.1) is 24.8 Å². The molecular weight excluding hydrogens is 357 g/mol. The molecule has 0 bridgehead atoms. The van der Waals surface area contributed by atoms with Crippen molar-refractivity contribution in [3.8, 4) is 5.75 Å². The van der Waals surface area contributed by atoms with Gasteiger partial charge in [-0.05, 0) is 63.4 Å². The summed E-state index contributed by atoms with van der Waals surface area (Å²) in [6.45, 7) is 10.8.